The van der Waals surface area contributed by atoms with Gasteiger partial charge >= 0.3 is 6.18 Å². The fourth-order valence-corrected chi connectivity index (χ4v) is 4.50. The molecule has 3 aromatic rings. The molecule has 1 aliphatic rings. The van der Waals surface area contributed by atoms with Crippen LogP contribution in [0.15, 0.2) is 48.7 Å². The number of amides is 1. The Bertz CT molecular complexity index is 1480. The first-order valence-electron chi connectivity index (χ1n) is 12.1. The Balaban J connectivity index is 1.60. The molecule has 0 spiro atoms. The first-order chi connectivity index (χ1) is 18.9. The standard InChI is InChI=1S/C25H27F3N6O5S/c1-38-21-13-15(22(35)31-16-9-11-29-12-10-16)7-8-18(21)32-24-30-14-17(25(26,27)28)23(33-24)39-20-6-4-3-5-19(20)34-40(2,36)37/h3-8,13-14,16,29,34H,9-12H2,1-2H3,(H,31,35)(H,30,32,33). The van der Waals surface area contributed by atoms with Gasteiger partial charge in [0.05, 0.1) is 24.7 Å². The van der Waals surface area contributed by atoms with Gasteiger partial charge in [0.15, 0.2) is 5.75 Å². The number of alkyl halides is 3. The van der Waals surface area contributed by atoms with Crippen molar-refractivity contribution in [2.24, 2.45) is 0 Å². The number of sulfonamides is 1. The Morgan fingerprint density at radius 3 is 2.48 bits per heavy atom. The van der Waals surface area contributed by atoms with E-state index in [1.807, 2.05) is 0 Å². The highest BCUT2D eigenvalue weighted by molar-refractivity contribution is 7.92. The van der Waals surface area contributed by atoms with Crippen molar-refractivity contribution in [2.45, 2.75) is 25.1 Å². The summed E-state index contributed by atoms with van der Waals surface area (Å²) in [7, 11) is -2.37. The highest BCUT2D eigenvalue weighted by Gasteiger charge is 2.37. The van der Waals surface area contributed by atoms with Crippen LogP contribution >= 0.6 is 0 Å². The summed E-state index contributed by atoms with van der Waals surface area (Å²) in [6.07, 6.45) is -1.80. The second kappa shape index (κ2) is 12.0. The molecule has 214 valence electrons. The number of aromatic nitrogens is 2. The summed E-state index contributed by atoms with van der Waals surface area (Å²) in [4.78, 5) is 20.4. The normalized spacial score (nSPS) is 14.3. The summed E-state index contributed by atoms with van der Waals surface area (Å²) in [6, 6.07) is 10.2. The van der Waals surface area contributed by atoms with Crippen LogP contribution in [-0.4, -0.2) is 56.8 Å². The minimum absolute atomic E-state index is 0.0503. The van der Waals surface area contributed by atoms with Crippen molar-refractivity contribution >= 4 is 33.3 Å². The smallest absolute Gasteiger partial charge is 0.423 e. The molecule has 0 saturated carbocycles. The number of halogens is 3. The van der Waals surface area contributed by atoms with Gasteiger partial charge in [-0.25, -0.2) is 13.4 Å². The average Bonchev–Trinajstić information content (AvgIpc) is 2.89. The van der Waals surface area contributed by atoms with Crippen LogP contribution < -0.4 is 30.1 Å². The SMILES string of the molecule is COc1cc(C(=O)NC2CCNCC2)ccc1Nc1ncc(C(F)(F)F)c(Oc2ccccc2NS(C)(=O)=O)n1. The van der Waals surface area contributed by atoms with Gasteiger partial charge in [-0.15, -0.1) is 0 Å². The van der Waals surface area contributed by atoms with Crippen molar-refractivity contribution in [1.82, 2.24) is 20.6 Å². The van der Waals surface area contributed by atoms with Crippen molar-refractivity contribution in [1.29, 1.82) is 0 Å². The largest absolute Gasteiger partial charge is 0.495 e. The molecule has 2 aromatic carbocycles. The second-order valence-corrected chi connectivity index (χ2v) is 10.7. The van der Waals surface area contributed by atoms with Crippen LogP contribution in [0.2, 0.25) is 0 Å². The fraction of sp³-hybridized carbons (Fsp3) is 0.320. The van der Waals surface area contributed by atoms with E-state index >= 15 is 0 Å². The first-order valence-corrected chi connectivity index (χ1v) is 14.0. The highest BCUT2D eigenvalue weighted by Crippen LogP contribution is 2.39. The van der Waals surface area contributed by atoms with E-state index in [0.29, 0.717) is 11.8 Å². The van der Waals surface area contributed by atoms with Crippen molar-refractivity contribution in [3.8, 4) is 17.4 Å². The Kier molecular flexibility index (Phi) is 8.64. The summed E-state index contributed by atoms with van der Waals surface area (Å²) in [5.41, 5.74) is -0.727. The summed E-state index contributed by atoms with van der Waals surface area (Å²) in [5.74, 6) is -1.37. The Morgan fingerprint density at radius 2 is 1.80 bits per heavy atom. The Hall–Kier alpha value is -4.11. The van der Waals surface area contributed by atoms with Crippen molar-refractivity contribution in [3.05, 3.63) is 59.8 Å². The maximum atomic E-state index is 13.7. The number of anilines is 3. The maximum Gasteiger partial charge on any atom is 0.423 e. The zero-order valence-electron chi connectivity index (χ0n) is 21.5. The Morgan fingerprint density at radius 1 is 1.07 bits per heavy atom. The molecule has 15 heteroatoms. The van der Waals surface area contributed by atoms with Gasteiger partial charge in [0, 0.05) is 17.8 Å². The van der Waals surface area contributed by atoms with Crippen molar-refractivity contribution < 1.29 is 35.9 Å². The quantitative estimate of drug-likeness (QED) is 0.296. The van der Waals surface area contributed by atoms with E-state index in [1.54, 1.807) is 0 Å². The van der Waals surface area contributed by atoms with E-state index in [4.69, 9.17) is 9.47 Å². The topological polar surface area (TPSA) is 144 Å². The molecule has 0 radical (unpaired) electrons. The van der Waals surface area contributed by atoms with Crippen molar-refractivity contribution in [2.75, 3.05) is 36.5 Å². The number of para-hydroxylation sites is 2. The molecular weight excluding hydrogens is 553 g/mol. The summed E-state index contributed by atoms with van der Waals surface area (Å²) < 4.78 is 77.6. The third-order valence-corrected chi connectivity index (χ3v) is 6.42. The third-order valence-electron chi connectivity index (χ3n) is 5.83. The predicted octanol–water partition coefficient (Wildman–Crippen LogP) is 3.89. The lowest BCUT2D eigenvalue weighted by Crippen LogP contribution is -2.42. The van der Waals surface area contributed by atoms with Gasteiger partial charge in [-0.1, -0.05) is 12.1 Å². The number of methoxy groups -OCH3 is 1. The van der Waals surface area contributed by atoms with Crippen LogP contribution in [0.5, 0.6) is 17.4 Å². The minimum Gasteiger partial charge on any atom is -0.495 e. The number of hydrogen-bond donors (Lipinski definition) is 4. The van der Waals surface area contributed by atoms with E-state index in [1.165, 1.54) is 49.6 Å². The number of piperidine rings is 1. The molecule has 0 bridgehead atoms. The van der Waals surface area contributed by atoms with Gasteiger partial charge < -0.3 is 25.4 Å². The van der Waals surface area contributed by atoms with Crippen LogP contribution in [0.3, 0.4) is 0 Å². The number of benzene rings is 2. The average molecular weight is 581 g/mol. The van der Waals surface area contributed by atoms with Crippen LogP contribution in [0, 0.1) is 0 Å². The first kappa shape index (κ1) is 28.9. The molecule has 0 atom stereocenters. The van der Waals surface area contributed by atoms with E-state index in [0.717, 1.165) is 32.2 Å². The van der Waals surface area contributed by atoms with Crippen molar-refractivity contribution in [3.63, 3.8) is 0 Å². The molecule has 1 amide bonds. The van der Waals surface area contributed by atoms with Crippen LogP contribution in [0.1, 0.15) is 28.8 Å². The number of hydrogen-bond acceptors (Lipinski definition) is 9. The monoisotopic (exact) mass is 580 g/mol. The molecule has 1 aromatic heterocycles. The number of ether oxygens (including phenoxy) is 2. The summed E-state index contributed by atoms with van der Waals surface area (Å²) >= 11 is 0. The van der Waals surface area contributed by atoms with Gasteiger partial charge in [0.1, 0.15) is 11.3 Å². The minimum atomic E-state index is -4.87. The molecule has 1 aliphatic heterocycles. The zero-order valence-corrected chi connectivity index (χ0v) is 22.3. The lowest BCUT2D eigenvalue weighted by Gasteiger charge is -2.23. The zero-order chi connectivity index (χ0) is 28.9. The summed E-state index contributed by atoms with van der Waals surface area (Å²) in [6.45, 7) is 1.63. The predicted molar refractivity (Wildman–Crippen MR) is 142 cm³/mol. The van der Waals surface area contributed by atoms with Crippen LogP contribution in [0.4, 0.5) is 30.5 Å². The van der Waals surface area contributed by atoms with Gasteiger partial charge in [0.2, 0.25) is 21.9 Å². The Labute approximate surface area is 228 Å². The van der Waals surface area contributed by atoms with E-state index < -0.39 is 27.6 Å². The molecule has 11 nitrogen and oxygen atoms in total. The van der Waals surface area contributed by atoms with Gasteiger partial charge in [-0.2, -0.15) is 18.2 Å². The number of nitrogens with zero attached hydrogens (tertiary/aromatic N) is 2. The molecule has 1 fully saturated rings. The number of carbonyl (C=O) groups excluding carboxylic acids is 1. The summed E-state index contributed by atoms with van der Waals surface area (Å²) in [5, 5.41) is 8.99. The molecule has 2 heterocycles. The van der Waals surface area contributed by atoms with E-state index in [-0.39, 0.29) is 40.8 Å². The highest BCUT2D eigenvalue weighted by atomic mass is 32.2. The number of nitrogens with one attached hydrogen (secondary N) is 4. The maximum absolute atomic E-state index is 13.7. The van der Waals surface area contributed by atoms with Gasteiger partial charge in [-0.05, 0) is 56.3 Å². The molecule has 4 N–H and O–H groups in total. The van der Waals surface area contributed by atoms with Gasteiger partial charge in [-0.3, -0.25) is 9.52 Å². The molecule has 4 rings (SSSR count). The van der Waals surface area contributed by atoms with Gasteiger partial charge in [0.25, 0.3) is 5.91 Å². The van der Waals surface area contributed by atoms with E-state index in [2.05, 4.69) is 30.6 Å². The third kappa shape index (κ3) is 7.51. The lowest BCUT2D eigenvalue weighted by molar-refractivity contribution is -0.139. The second-order valence-electron chi connectivity index (χ2n) is 8.92. The lowest BCUT2D eigenvalue weighted by atomic mass is 10.1. The molecule has 0 aliphatic carbocycles. The molecule has 0 unspecified atom stereocenters. The molecule has 40 heavy (non-hydrogen) atoms. The molecule has 1 saturated heterocycles. The van der Waals surface area contributed by atoms with Crippen LogP contribution in [0.25, 0.3) is 0 Å². The van der Waals surface area contributed by atoms with Crippen LogP contribution in [-0.2, 0) is 16.2 Å². The van der Waals surface area contributed by atoms with E-state index in [9.17, 15) is 26.4 Å². The number of rotatable bonds is 9. The number of carbonyl (C=O) groups is 1. The fourth-order valence-electron chi connectivity index (χ4n) is 3.93. The molecular formula is C25H27F3N6O5S.